The highest BCUT2D eigenvalue weighted by Crippen LogP contribution is 2.11. The molecular formula is C16H23N3. The normalized spacial score (nSPS) is 11.2. The topological polar surface area (TPSA) is 29.9 Å². The van der Waals surface area contributed by atoms with Gasteiger partial charge in [0.2, 0.25) is 0 Å². The van der Waals surface area contributed by atoms with Crippen molar-refractivity contribution in [3.8, 4) is 0 Å². The van der Waals surface area contributed by atoms with Gasteiger partial charge in [-0.05, 0) is 30.5 Å². The van der Waals surface area contributed by atoms with E-state index in [0.29, 0.717) is 5.92 Å². The summed E-state index contributed by atoms with van der Waals surface area (Å²) >= 11 is 0. The number of nitrogens with one attached hydrogen (secondary N) is 1. The molecule has 0 amide bonds. The predicted molar refractivity (Wildman–Crippen MR) is 79.1 cm³/mol. The molecule has 0 bridgehead atoms. The molecule has 1 heterocycles. The lowest BCUT2D eigenvalue weighted by atomic mass is 10.1. The number of nitrogens with zero attached hydrogens (tertiary/aromatic N) is 2. The van der Waals surface area contributed by atoms with Gasteiger partial charge in [0, 0.05) is 25.5 Å². The van der Waals surface area contributed by atoms with Crippen LogP contribution in [0.25, 0.3) is 0 Å². The van der Waals surface area contributed by atoms with Crippen LogP contribution in [-0.2, 0) is 13.1 Å². The molecule has 0 saturated carbocycles. The van der Waals surface area contributed by atoms with Crippen molar-refractivity contribution >= 4 is 0 Å². The zero-order chi connectivity index (χ0) is 13.7. The molecule has 2 rings (SSSR count). The van der Waals surface area contributed by atoms with E-state index in [1.165, 1.54) is 11.1 Å². The second kappa shape index (κ2) is 6.53. The molecule has 0 saturated heterocycles. The summed E-state index contributed by atoms with van der Waals surface area (Å²) in [6.45, 7) is 9.38. The predicted octanol–water partition coefficient (Wildman–Crippen LogP) is 2.99. The van der Waals surface area contributed by atoms with E-state index in [-0.39, 0.29) is 0 Å². The van der Waals surface area contributed by atoms with Gasteiger partial charge in [0.15, 0.2) is 0 Å². The summed E-state index contributed by atoms with van der Waals surface area (Å²) in [6.07, 6.45) is 3.89. The Bertz CT molecular complexity index is 514. The molecule has 0 spiro atoms. The van der Waals surface area contributed by atoms with Crippen LogP contribution in [0.4, 0.5) is 0 Å². The number of benzene rings is 1. The molecule has 3 heteroatoms. The SMILES string of the molecule is Cc1nccn1Cc1ccccc1CNCC(C)C. The Balaban J connectivity index is 2.06. The third kappa shape index (κ3) is 3.93. The van der Waals surface area contributed by atoms with Gasteiger partial charge in [-0.1, -0.05) is 38.1 Å². The lowest BCUT2D eigenvalue weighted by Crippen LogP contribution is -2.20. The van der Waals surface area contributed by atoms with E-state index >= 15 is 0 Å². The molecule has 3 nitrogen and oxygen atoms in total. The maximum Gasteiger partial charge on any atom is 0.105 e. The summed E-state index contributed by atoms with van der Waals surface area (Å²) in [5.41, 5.74) is 2.73. The van der Waals surface area contributed by atoms with Crippen molar-refractivity contribution in [1.82, 2.24) is 14.9 Å². The highest BCUT2D eigenvalue weighted by Gasteiger charge is 2.04. The average molecular weight is 257 g/mol. The zero-order valence-electron chi connectivity index (χ0n) is 12.1. The molecular weight excluding hydrogens is 234 g/mol. The molecule has 102 valence electrons. The van der Waals surface area contributed by atoms with E-state index in [2.05, 4.69) is 53.0 Å². The number of aryl methyl sites for hydroxylation is 1. The Morgan fingerprint density at radius 3 is 2.58 bits per heavy atom. The van der Waals surface area contributed by atoms with Crippen molar-refractivity contribution in [3.63, 3.8) is 0 Å². The summed E-state index contributed by atoms with van der Waals surface area (Å²) in [6, 6.07) is 8.62. The first-order valence-electron chi connectivity index (χ1n) is 6.92. The standard InChI is InChI=1S/C16H23N3/c1-13(2)10-17-11-15-6-4-5-7-16(15)12-19-9-8-18-14(19)3/h4-9,13,17H,10-12H2,1-3H3. The van der Waals surface area contributed by atoms with E-state index in [0.717, 1.165) is 25.5 Å². The number of rotatable bonds is 6. The van der Waals surface area contributed by atoms with Crippen molar-refractivity contribution in [3.05, 3.63) is 53.6 Å². The molecule has 0 fully saturated rings. The minimum atomic E-state index is 0.683. The Morgan fingerprint density at radius 1 is 1.21 bits per heavy atom. The second-order valence-corrected chi connectivity index (χ2v) is 5.40. The third-order valence-corrected chi connectivity index (χ3v) is 3.25. The minimum Gasteiger partial charge on any atom is -0.331 e. The first kappa shape index (κ1) is 13.8. The van der Waals surface area contributed by atoms with Crippen LogP contribution in [0.2, 0.25) is 0 Å². The smallest absolute Gasteiger partial charge is 0.105 e. The summed E-state index contributed by atoms with van der Waals surface area (Å²) < 4.78 is 2.18. The third-order valence-electron chi connectivity index (χ3n) is 3.25. The van der Waals surface area contributed by atoms with Gasteiger partial charge in [0.1, 0.15) is 5.82 Å². The van der Waals surface area contributed by atoms with Crippen LogP contribution in [-0.4, -0.2) is 16.1 Å². The first-order valence-corrected chi connectivity index (χ1v) is 6.92. The van der Waals surface area contributed by atoms with E-state index < -0.39 is 0 Å². The largest absolute Gasteiger partial charge is 0.331 e. The molecule has 0 aliphatic rings. The molecule has 0 unspecified atom stereocenters. The van der Waals surface area contributed by atoms with Crippen molar-refractivity contribution in [2.24, 2.45) is 5.92 Å². The van der Waals surface area contributed by atoms with E-state index in [1.54, 1.807) is 0 Å². The number of hydrogen-bond donors (Lipinski definition) is 1. The quantitative estimate of drug-likeness (QED) is 0.862. The van der Waals surface area contributed by atoms with E-state index in [9.17, 15) is 0 Å². The van der Waals surface area contributed by atoms with Gasteiger partial charge >= 0.3 is 0 Å². The molecule has 0 atom stereocenters. The van der Waals surface area contributed by atoms with Gasteiger partial charge in [0.25, 0.3) is 0 Å². The van der Waals surface area contributed by atoms with Gasteiger partial charge in [-0.25, -0.2) is 4.98 Å². The van der Waals surface area contributed by atoms with Gasteiger partial charge in [-0.3, -0.25) is 0 Å². The second-order valence-electron chi connectivity index (χ2n) is 5.40. The van der Waals surface area contributed by atoms with Crippen molar-refractivity contribution in [2.45, 2.75) is 33.9 Å². The Morgan fingerprint density at radius 2 is 1.95 bits per heavy atom. The monoisotopic (exact) mass is 257 g/mol. The van der Waals surface area contributed by atoms with Crippen LogP contribution in [0.5, 0.6) is 0 Å². The highest BCUT2D eigenvalue weighted by atomic mass is 15.0. The summed E-state index contributed by atoms with van der Waals surface area (Å²) in [5.74, 6) is 1.74. The van der Waals surface area contributed by atoms with Gasteiger partial charge < -0.3 is 9.88 Å². The molecule has 19 heavy (non-hydrogen) atoms. The number of imidazole rings is 1. The van der Waals surface area contributed by atoms with Crippen LogP contribution in [0.1, 0.15) is 30.8 Å². The fourth-order valence-corrected chi connectivity index (χ4v) is 2.13. The van der Waals surface area contributed by atoms with E-state index in [1.807, 2.05) is 19.3 Å². The molecule has 1 aromatic heterocycles. The van der Waals surface area contributed by atoms with E-state index in [4.69, 9.17) is 0 Å². The van der Waals surface area contributed by atoms with Crippen molar-refractivity contribution in [2.75, 3.05) is 6.54 Å². The zero-order valence-corrected chi connectivity index (χ0v) is 12.1. The fraction of sp³-hybridized carbons (Fsp3) is 0.438. The summed E-state index contributed by atoms with van der Waals surface area (Å²) in [7, 11) is 0. The van der Waals surface area contributed by atoms with Crippen molar-refractivity contribution < 1.29 is 0 Å². The molecule has 0 radical (unpaired) electrons. The van der Waals surface area contributed by atoms with Crippen LogP contribution < -0.4 is 5.32 Å². The lowest BCUT2D eigenvalue weighted by molar-refractivity contribution is 0.550. The van der Waals surface area contributed by atoms with Crippen LogP contribution in [0.3, 0.4) is 0 Å². The number of aromatic nitrogens is 2. The van der Waals surface area contributed by atoms with Crippen LogP contribution >= 0.6 is 0 Å². The molecule has 1 aromatic carbocycles. The molecule has 0 aliphatic carbocycles. The molecule has 1 N–H and O–H groups in total. The molecule has 0 aliphatic heterocycles. The minimum absolute atomic E-state index is 0.683. The lowest BCUT2D eigenvalue weighted by Gasteiger charge is -2.13. The van der Waals surface area contributed by atoms with Gasteiger partial charge in [-0.15, -0.1) is 0 Å². The summed E-state index contributed by atoms with van der Waals surface area (Å²) in [4.78, 5) is 4.28. The average Bonchev–Trinajstić information content (AvgIpc) is 2.77. The Labute approximate surface area is 115 Å². The highest BCUT2D eigenvalue weighted by molar-refractivity contribution is 5.27. The Kier molecular flexibility index (Phi) is 4.74. The summed E-state index contributed by atoms with van der Waals surface area (Å²) in [5, 5.41) is 3.51. The molecule has 2 aromatic rings. The first-order chi connectivity index (χ1) is 9.16. The van der Waals surface area contributed by atoms with Gasteiger partial charge in [-0.2, -0.15) is 0 Å². The number of hydrogen-bond acceptors (Lipinski definition) is 2. The fourth-order valence-electron chi connectivity index (χ4n) is 2.13. The Hall–Kier alpha value is -1.61. The van der Waals surface area contributed by atoms with Crippen LogP contribution in [0.15, 0.2) is 36.7 Å². The maximum atomic E-state index is 4.28. The van der Waals surface area contributed by atoms with Crippen LogP contribution in [0, 0.1) is 12.8 Å². The van der Waals surface area contributed by atoms with Gasteiger partial charge in [0.05, 0.1) is 0 Å². The maximum absolute atomic E-state index is 4.28. The van der Waals surface area contributed by atoms with Crippen molar-refractivity contribution in [1.29, 1.82) is 0 Å².